The second-order valence-corrected chi connectivity index (χ2v) is 33.0. The standard InChI is InChI=1S/C83H137N21O22S/c1-9-46(6)66(102-68(111)53(87)18-16-36-90-83(88)89)79(122)103-67(48(8)106)80(123)99-59(39-45(4)5)74(117)98-60(40-49-23-27-51(107)28-24-49)75(118)96-58(38-44(2)3)73(116)94-55(20-11-14-34-85)70(113)95-57(31-32-65(109)110)72(115)93-54(19-10-13-33-84)69(112)92-56(21-12-15-35-86)71(114)97-61(41-50-25-29-52(108)30-26-50)76(119)100-62(42-105)81(124)104-37-17-22-64(104)78(121)101-63(43-127)77(120)91-47(7)82(125)126/h23-30,44-48,53-64,66-67,105-108,127H,9-22,31-43,84-87H2,1-8H3,(H,91,120)(H,92,112)(H,93,115)(H,94,116)(H,95,113)(H,96,118)(H,97,114)(H,98,117)(H,99,123)(H,100,119)(H,101,121)(H,102,111)(H,103,122)(H,109,110)(H,125,126)(H4,88,89,90)/t46-,47-,48+,53-,54-,55-,56-,57-,58-,59-,60-,61-,62-,63-,64-,66-,67-/m0/s1. The molecule has 2 aromatic carbocycles. The van der Waals surface area contributed by atoms with Crippen molar-refractivity contribution in [1.29, 1.82) is 0 Å². The van der Waals surface area contributed by atoms with E-state index in [0.717, 1.165) is 4.90 Å². The number of nitrogens with zero attached hydrogens (tertiary/aromatic N) is 2. The molecule has 0 unspecified atom stereocenters. The Labute approximate surface area is 745 Å². The zero-order valence-electron chi connectivity index (χ0n) is 73.7. The quantitative estimate of drug-likeness (QED) is 0.0128. The first-order valence-corrected chi connectivity index (χ1v) is 43.7. The number of aromatic hydroxyl groups is 2. The number of aliphatic imine (C=N–C) groups is 1. The van der Waals surface area contributed by atoms with Crippen molar-refractivity contribution in [3.05, 3.63) is 59.7 Å². The summed E-state index contributed by atoms with van der Waals surface area (Å²) in [4.78, 5) is 230. The van der Waals surface area contributed by atoms with Crippen molar-refractivity contribution in [3.8, 4) is 11.5 Å². The molecule has 43 nitrogen and oxygen atoms in total. The van der Waals surface area contributed by atoms with Crippen LogP contribution in [0.15, 0.2) is 53.5 Å². The average molecular weight is 1810 g/mol. The Kier molecular flexibility index (Phi) is 50.0. The number of carboxylic acid groups (broad SMARTS) is 2. The number of hydrogen-bond acceptors (Lipinski definition) is 26. The minimum Gasteiger partial charge on any atom is -0.508 e. The van der Waals surface area contributed by atoms with Gasteiger partial charge in [-0.05, 0) is 189 Å². The largest absolute Gasteiger partial charge is 0.508 e. The molecular formula is C83H137N21O22S. The van der Waals surface area contributed by atoms with Gasteiger partial charge in [0.2, 0.25) is 82.7 Å². The molecule has 1 aliphatic heterocycles. The number of hydrogen-bond donors (Lipinski definition) is 26. The van der Waals surface area contributed by atoms with E-state index < -0.39 is 217 Å². The van der Waals surface area contributed by atoms with Crippen molar-refractivity contribution >= 4 is 113 Å². The van der Waals surface area contributed by atoms with E-state index in [1.807, 2.05) is 0 Å². The number of thiol groups is 1. The average Bonchev–Trinajstić information content (AvgIpc) is 1.80. The number of likely N-dealkylation sites (tertiary alicyclic amines) is 1. The van der Waals surface area contributed by atoms with Crippen LogP contribution in [-0.4, -0.2) is 278 Å². The minimum atomic E-state index is -1.77. The second-order valence-electron chi connectivity index (χ2n) is 32.7. The fraction of sp³-hybridized carbons (Fsp3) is 0.651. The number of phenols is 2. The van der Waals surface area contributed by atoms with E-state index in [-0.39, 0.29) is 151 Å². The smallest absolute Gasteiger partial charge is 0.325 e. The topological polar surface area (TPSA) is 723 Å². The van der Waals surface area contributed by atoms with Crippen molar-refractivity contribution < 1.29 is 107 Å². The maximum absolute atomic E-state index is 15.0. The summed E-state index contributed by atoms with van der Waals surface area (Å²) >= 11 is 4.13. The van der Waals surface area contributed by atoms with E-state index in [9.17, 15) is 107 Å². The van der Waals surface area contributed by atoms with Crippen LogP contribution in [0, 0.1) is 17.8 Å². The zero-order valence-corrected chi connectivity index (χ0v) is 74.6. The van der Waals surface area contributed by atoms with Gasteiger partial charge in [-0.3, -0.25) is 81.7 Å². The predicted octanol–water partition coefficient (Wildman–Crippen LogP) is -4.65. The van der Waals surface area contributed by atoms with Crippen molar-refractivity contribution in [3.63, 3.8) is 0 Å². The fourth-order valence-corrected chi connectivity index (χ4v) is 13.9. The minimum absolute atomic E-state index is 0.0467. The summed E-state index contributed by atoms with van der Waals surface area (Å²) < 4.78 is 0. The molecule has 0 spiro atoms. The maximum atomic E-state index is 15.0. The molecule has 712 valence electrons. The monoisotopic (exact) mass is 1810 g/mol. The van der Waals surface area contributed by atoms with E-state index in [1.54, 1.807) is 41.5 Å². The number of phenolic OH excluding ortho intramolecular Hbond substituents is 2. The van der Waals surface area contributed by atoms with E-state index in [4.69, 9.17) is 34.4 Å². The summed E-state index contributed by atoms with van der Waals surface area (Å²) in [7, 11) is 0. The molecule has 0 saturated carbocycles. The SMILES string of the molecule is CC[C@H](C)[C@H](NC(=O)[C@@H](N)CCCN=C(N)N)C(=O)N[C@H](C(=O)N[C@@H](CC(C)C)C(=O)N[C@@H](Cc1ccc(O)cc1)C(=O)N[C@@H](CC(C)C)C(=O)N[C@@H](CCCCN)C(=O)N[C@@H](CCC(=O)O)C(=O)N[C@@H](CCCCN)C(=O)N[C@@H](CCCCN)C(=O)N[C@@H](Cc1ccc(O)cc1)C(=O)N[C@@H](CO)C(=O)N1CCC[C@H]1C(=O)N[C@@H](CS)C(=O)N[C@@H](C)C(=O)O)[C@@H](C)O. The van der Waals surface area contributed by atoms with Gasteiger partial charge in [-0.2, -0.15) is 12.6 Å². The third-order valence-corrected chi connectivity index (χ3v) is 21.4. The summed E-state index contributed by atoms with van der Waals surface area (Å²) in [5.74, 6) is -17.9. The maximum Gasteiger partial charge on any atom is 0.325 e. The molecule has 3 rings (SSSR count). The Morgan fingerprint density at radius 3 is 1.23 bits per heavy atom. The predicted molar refractivity (Wildman–Crippen MR) is 471 cm³/mol. The molecule has 1 saturated heterocycles. The van der Waals surface area contributed by atoms with Crippen LogP contribution in [0.3, 0.4) is 0 Å². The fourth-order valence-electron chi connectivity index (χ4n) is 13.6. The lowest BCUT2D eigenvalue weighted by Crippen LogP contribution is -2.62. The van der Waals surface area contributed by atoms with Gasteiger partial charge in [0.05, 0.1) is 18.8 Å². The first-order chi connectivity index (χ1) is 60.0. The molecule has 0 bridgehead atoms. The number of aliphatic hydroxyl groups is 2. The molecule has 2 aromatic rings. The van der Waals surface area contributed by atoms with Crippen molar-refractivity contribution in [2.75, 3.05) is 45.1 Å². The van der Waals surface area contributed by atoms with Gasteiger partial charge in [0, 0.05) is 38.1 Å². The molecular weight excluding hydrogens is 1680 g/mol. The number of carbonyl (C=O) groups is 16. The Hall–Kier alpha value is -11.1. The number of aliphatic hydroxyl groups excluding tert-OH is 2. The molecule has 0 aliphatic carbocycles. The summed E-state index contributed by atoms with van der Waals surface area (Å²) in [5, 5.41) is 94.8. The van der Waals surface area contributed by atoms with Crippen LogP contribution in [0.2, 0.25) is 0 Å². The highest BCUT2D eigenvalue weighted by atomic mass is 32.1. The lowest BCUT2D eigenvalue weighted by Gasteiger charge is -2.30. The van der Waals surface area contributed by atoms with E-state index in [0.29, 0.717) is 43.2 Å². The molecule has 127 heavy (non-hydrogen) atoms. The molecule has 17 atom stereocenters. The molecule has 44 heteroatoms. The third kappa shape index (κ3) is 39.8. The number of aliphatic carboxylic acids is 2. The Balaban J connectivity index is 2.02. The number of amides is 14. The first kappa shape index (κ1) is 110. The number of nitrogens with two attached hydrogens (primary N) is 6. The number of carboxylic acids is 2. The zero-order chi connectivity index (χ0) is 95.3. The summed E-state index contributed by atoms with van der Waals surface area (Å²) in [5.41, 5.74) is 35.3. The van der Waals surface area contributed by atoms with Crippen LogP contribution in [0.4, 0.5) is 0 Å². The number of nitrogens with one attached hydrogen (secondary N) is 13. The number of guanidine groups is 1. The molecule has 1 fully saturated rings. The van der Waals surface area contributed by atoms with Crippen LogP contribution in [0.25, 0.3) is 0 Å². The van der Waals surface area contributed by atoms with Crippen LogP contribution < -0.4 is 104 Å². The normalized spacial score (nSPS) is 16.3. The number of unbranched alkanes of at least 4 members (excludes halogenated alkanes) is 3. The Morgan fingerprint density at radius 1 is 0.465 bits per heavy atom. The number of carbonyl (C=O) groups excluding carboxylic acids is 14. The van der Waals surface area contributed by atoms with Gasteiger partial charge in [-0.25, -0.2) is 0 Å². The highest BCUT2D eigenvalue weighted by Gasteiger charge is 2.43. The summed E-state index contributed by atoms with van der Waals surface area (Å²) in [6.45, 7) is 12.2. The number of rotatable bonds is 60. The van der Waals surface area contributed by atoms with Crippen LogP contribution in [-0.2, 0) is 89.6 Å². The van der Waals surface area contributed by atoms with Gasteiger partial charge in [0.15, 0.2) is 5.96 Å². The van der Waals surface area contributed by atoms with Crippen molar-refractivity contribution in [2.24, 2.45) is 57.1 Å². The first-order valence-electron chi connectivity index (χ1n) is 43.1. The van der Waals surface area contributed by atoms with Gasteiger partial charge in [-0.1, -0.05) is 72.2 Å². The molecule has 31 N–H and O–H groups in total. The van der Waals surface area contributed by atoms with Gasteiger partial charge < -0.3 is 139 Å². The summed E-state index contributed by atoms with van der Waals surface area (Å²) in [6, 6.07) is -11.2. The van der Waals surface area contributed by atoms with Crippen molar-refractivity contribution in [1.82, 2.24) is 74.0 Å². The second kappa shape index (κ2) is 57.6. The highest BCUT2D eigenvalue weighted by Crippen LogP contribution is 2.22. The third-order valence-electron chi connectivity index (χ3n) is 21.1. The lowest BCUT2D eigenvalue weighted by atomic mass is 9.96. The van der Waals surface area contributed by atoms with Crippen LogP contribution >= 0.6 is 12.6 Å². The van der Waals surface area contributed by atoms with E-state index in [1.165, 1.54) is 62.4 Å². The van der Waals surface area contributed by atoms with Crippen molar-refractivity contribution in [2.45, 2.75) is 281 Å². The summed E-state index contributed by atoms with van der Waals surface area (Å²) in [6.07, 6.45) is -1.61. The van der Waals surface area contributed by atoms with Crippen LogP contribution in [0.1, 0.15) is 182 Å². The molecule has 0 aromatic heterocycles. The number of benzene rings is 2. The van der Waals surface area contributed by atoms with Gasteiger partial charge in [0.1, 0.15) is 96.1 Å². The Morgan fingerprint density at radius 2 is 0.843 bits per heavy atom. The molecule has 1 heterocycles. The van der Waals surface area contributed by atoms with Gasteiger partial charge >= 0.3 is 11.9 Å². The highest BCUT2D eigenvalue weighted by molar-refractivity contribution is 7.80. The molecule has 1 aliphatic rings. The molecule has 0 radical (unpaired) electrons. The lowest BCUT2D eigenvalue weighted by molar-refractivity contribution is -0.143. The Bertz CT molecular complexity index is 3960. The molecule has 14 amide bonds. The van der Waals surface area contributed by atoms with Gasteiger partial charge in [-0.15, -0.1) is 0 Å². The van der Waals surface area contributed by atoms with Crippen LogP contribution in [0.5, 0.6) is 11.5 Å². The van der Waals surface area contributed by atoms with E-state index >= 15 is 0 Å². The van der Waals surface area contributed by atoms with Gasteiger partial charge in [0.25, 0.3) is 0 Å². The van der Waals surface area contributed by atoms with E-state index in [2.05, 4.69) is 86.7 Å².